The molecule has 0 aromatic heterocycles. The van der Waals surface area contributed by atoms with Gasteiger partial charge in [-0.3, -0.25) is 0 Å². The SMILES string of the molecule is CCC(N)(CC)CNC(=O)Nc1ccc(OC)cc1. The second-order valence-electron chi connectivity index (χ2n) is 4.61. The van der Waals surface area contributed by atoms with Crippen LogP contribution in [0.1, 0.15) is 26.7 Å². The minimum atomic E-state index is -0.336. The number of anilines is 1. The Morgan fingerprint density at radius 1 is 1.26 bits per heavy atom. The molecule has 1 rings (SSSR count). The molecule has 0 radical (unpaired) electrons. The zero-order chi connectivity index (χ0) is 14.3. The highest BCUT2D eigenvalue weighted by Gasteiger charge is 2.20. The maximum absolute atomic E-state index is 11.7. The highest BCUT2D eigenvalue weighted by atomic mass is 16.5. The van der Waals surface area contributed by atoms with E-state index in [1.54, 1.807) is 31.4 Å². The van der Waals surface area contributed by atoms with Crippen molar-refractivity contribution >= 4 is 11.7 Å². The number of benzene rings is 1. The van der Waals surface area contributed by atoms with Crippen LogP contribution in [0.15, 0.2) is 24.3 Å². The van der Waals surface area contributed by atoms with Crippen molar-refractivity contribution in [1.82, 2.24) is 5.32 Å². The van der Waals surface area contributed by atoms with Crippen molar-refractivity contribution in [2.45, 2.75) is 32.2 Å². The number of nitrogens with two attached hydrogens (primary N) is 1. The minimum absolute atomic E-state index is 0.248. The molecule has 19 heavy (non-hydrogen) atoms. The first-order chi connectivity index (χ1) is 9.03. The molecule has 2 amide bonds. The van der Waals surface area contributed by atoms with Gasteiger partial charge in [-0.25, -0.2) is 4.79 Å². The number of nitrogens with one attached hydrogen (secondary N) is 2. The molecule has 0 unspecified atom stereocenters. The van der Waals surface area contributed by atoms with Gasteiger partial charge in [0, 0.05) is 17.8 Å². The Labute approximate surface area is 114 Å². The topological polar surface area (TPSA) is 76.4 Å². The normalized spacial score (nSPS) is 10.9. The monoisotopic (exact) mass is 265 g/mol. The lowest BCUT2D eigenvalue weighted by molar-refractivity contribution is 0.247. The Morgan fingerprint density at radius 3 is 2.32 bits per heavy atom. The second-order valence-corrected chi connectivity index (χ2v) is 4.61. The van der Waals surface area contributed by atoms with E-state index in [0.717, 1.165) is 18.6 Å². The largest absolute Gasteiger partial charge is 0.497 e. The number of methoxy groups -OCH3 is 1. The standard InChI is InChI=1S/C14H23N3O2/c1-4-14(15,5-2)10-16-13(18)17-11-6-8-12(19-3)9-7-11/h6-9H,4-5,10,15H2,1-3H3,(H2,16,17,18). The summed E-state index contributed by atoms with van der Waals surface area (Å²) >= 11 is 0. The zero-order valence-electron chi connectivity index (χ0n) is 11.8. The number of rotatable bonds is 6. The van der Waals surface area contributed by atoms with Crippen molar-refractivity contribution < 1.29 is 9.53 Å². The first-order valence-corrected chi connectivity index (χ1v) is 6.50. The second kappa shape index (κ2) is 6.99. The first-order valence-electron chi connectivity index (χ1n) is 6.50. The van der Waals surface area contributed by atoms with Gasteiger partial charge in [-0.15, -0.1) is 0 Å². The Balaban J connectivity index is 2.46. The summed E-state index contributed by atoms with van der Waals surface area (Å²) < 4.78 is 5.05. The molecule has 0 aliphatic carbocycles. The van der Waals surface area contributed by atoms with E-state index in [4.69, 9.17) is 10.5 Å². The molecule has 0 aliphatic rings. The van der Waals surface area contributed by atoms with Crippen molar-refractivity contribution in [2.24, 2.45) is 5.73 Å². The van der Waals surface area contributed by atoms with E-state index in [9.17, 15) is 4.79 Å². The van der Waals surface area contributed by atoms with Crippen LogP contribution < -0.4 is 21.1 Å². The molecule has 0 fully saturated rings. The Kier molecular flexibility index (Phi) is 5.63. The Hall–Kier alpha value is -1.75. The van der Waals surface area contributed by atoms with Crippen LogP contribution in [0.2, 0.25) is 0 Å². The van der Waals surface area contributed by atoms with Crippen molar-refractivity contribution in [3.05, 3.63) is 24.3 Å². The third-order valence-electron chi connectivity index (χ3n) is 3.36. The van der Waals surface area contributed by atoms with Gasteiger partial charge in [-0.05, 0) is 37.1 Å². The average Bonchev–Trinajstić information content (AvgIpc) is 2.45. The lowest BCUT2D eigenvalue weighted by atomic mass is 9.94. The molecule has 1 aromatic carbocycles. The third kappa shape index (κ3) is 4.79. The molecule has 0 heterocycles. The summed E-state index contributed by atoms with van der Waals surface area (Å²) in [4.78, 5) is 11.7. The summed E-state index contributed by atoms with van der Waals surface area (Å²) in [5, 5.41) is 5.55. The lowest BCUT2D eigenvalue weighted by Gasteiger charge is -2.26. The molecule has 5 heteroatoms. The summed E-state index contributed by atoms with van der Waals surface area (Å²) in [6, 6.07) is 6.91. The Bertz CT molecular complexity index is 400. The quantitative estimate of drug-likeness (QED) is 0.739. The van der Waals surface area contributed by atoms with Gasteiger partial charge in [-0.2, -0.15) is 0 Å². The van der Waals surface area contributed by atoms with Crippen molar-refractivity contribution in [3.63, 3.8) is 0 Å². The van der Waals surface area contributed by atoms with E-state index in [1.807, 2.05) is 13.8 Å². The Morgan fingerprint density at radius 2 is 1.84 bits per heavy atom. The number of urea groups is 1. The fraction of sp³-hybridized carbons (Fsp3) is 0.500. The third-order valence-corrected chi connectivity index (χ3v) is 3.36. The molecule has 4 N–H and O–H groups in total. The van der Waals surface area contributed by atoms with Gasteiger partial charge in [0.1, 0.15) is 5.75 Å². The van der Waals surface area contributed by atoms with Crippen molar-refractivity contribution in [3.8, 4) is 5.75 Å². The minimum Gasteiger partial charge on any atom is -0.497 e. The van der Waals surface area contributed by atoms with Gasteiger partial charge < -0.3 is 21.1 Å². The van der Waals surface area contributed by atoms with E-state index in [0.29, 0.717) is 12.2 Å². The van der Waals surface area contributed by atoms with Crippen LogP contribution in [0.25, 0.3) is 0 Å². The predicted octanol–water partition coefficient (Wildman–Crippen LogP) is 2.33. The predicted molar refractivity (Wildman–Crippen MR) is 77.5 cm³/mol. The molecule has 0 atom stereocenters. The summed E-state index contributed by atoms with van der Waals surface area (Å²) in [5.41, 5.74) is 6.50. The van der Waals surface area contributed by atoms with Crippen molar-refractivity contribution in [2.75, 3.05) is 19.0 Å². The number of carbonyl (C=O) groups is 1. The summed E-state index contributed by atoms with van der Waals surface area (Å²) in [5.74, 6) is 0.754. The molecule has 0 bridgehead atoms. The van der Waals surface area contributed by atoms with Crippen LogP contribution in [0, 0.1) is 0 Å². The number of amides is 2. The maximum atomic E-state index is 11.7. The van der Waals surface area contributed by atoms with Gasteiger partial charge in [0.2, 0.25) is 0 Å². The van der Waals surface area contributed by atoms with Crippen LogP contribution in [0.4, 0.5) is 10.5 Å². The molecule has 1 aromatic rings. The van der Waals surface area contributed by atoms with Crippen LogP contribution in [0.3, 0.4) is 0 Å². The van der Waals surface area contributed by atoms with E-state index in [2.05, 4.69) is 10.6 Å². The number of hydrogen-bond acceptors (Lipinski definition) is 3. The molecule has 106 valence electrons. The first kappa shape index (κ1) is 15.3. The van der Waals surface area contributed by atoms with E-state index in [-0.39, 0.29) is 11.6 Å². The zero-order valence-corrected chi connectivity index (χ0v) is 11.8. The molecule has 5 nitrogen and oxygen atoms in total. The number of ether oxygens (including phenoxy) is 1. The average molecular weight is 265 g/mol. The molecule has 0 saturated heterocycles. The van der Waals surface area contributed by atoms with E-state index in [1.165, 1.54) is 0 Å². The fourth-order valence-electron chi connectivity index (χ4n) is 1.61. The number of hydrogen-bond donors (Lipinski definition) is 3. The molecular weight excluding hydrogens is 242 g/mol. The van der Waals surface area contributed by atoms with Crippen LogP contribution in [0.5, 0.6) is 5.75 Å². The van der Waals surface area contributed by atoms with Crippen molar-refractivity contribution in [1.29, 1.82) is 0 Å². The van der Waals surface area contributed by atoms with Gasteiger partial charge in [0.05, 0.1) is 7.11 Å². The fourth-order valence-corrected chi connectivity index (χ4v) is 1.61. The summed E-state index contributed by atoms with van der Waals surface area (Å²) in [6.07, 6.45) is 1.65. The molecule has 0 saturated carbocycles. The maximum Gasteiger partial charge on any atom is 0.319 e. The van der Waals surface area contributed by atoms with Crippen LogP contribution in [-0.4, -0.2) is 25.2 Å². The summed E-state index contributed by atoms with van der Waals surface area (Å²) in [6.45, 7) is 4.50. The van der Waals surface area contributed by atoms with Gasteiger partial charge >= 0.3 is 6.03 Å². The van der Waals surface area contributed by atoms with Crippen LogP contribution in [-0.2, 0) is 0 Å². The summed E-state index contributed by atoms with van der Waals surface area (Å²) in [7, 11) is 1.60. The number of carbonyl (C=O) groups excluding carboxylic acids is 1. The van der Waals surface area contributed by atoms with E-state index >= 15 is 0 Å². The van der Waals surface area contributed by atoms with Gasteiger partial charge in [0.15, 0.2) is 0 Å². The van der Waals surface area contributed by atoms with E-state index < -0.39 is 0 Å². The highest BCUT2D eigenvalue weighted by Crippen LogP contribution is 2.15. The van der Waals surface area contributed by atoms with Gasteiger partial charge in [0.25, 0.3) is 0 Å². The lowest BCUT2D eigenvalue weighted by Crippen LogP contribution is -2.50. The molecule has 0 aliphatic heterocycles. The smallest absolute Gasteiger partial charge is 0.319 e. The molecule has 0 spiro atoms. The molecular formula is C14H23N3O2. The highest BCUT2D eigenvalue weighted by molar-refractivity contribution is 5.89. The van der Waals surface area contributed by atoms with Crippen LogP contribution >= 0.6 is 0 Å². The van der Waals surface area contributed by atoms with Gasteiger partial charge in [-0.1, -0.05) is 13.8 Å².